The van der Waals surface area contributed by atoms with Gasteiger partial charge in [-0.25, -0.2) is 12.1 Å². The molecule has 0 saturated carbocycles. The van der Waals surface area contributed by atoms with Crippen molar-refractivity contribution < 1.29 is 18.6 Å². The topological polar surface area (TPSA) is 0 Å². The zero-order valence-electron chi connectivity index (χ0n) is 12.9. The maximum Gasteiger partial charge on any atom is -0.0771 e. The summed E-state index contributed by atoms with van der Waals surface area (Å²) < 4.78 is 1.91. The van der Waals surface area contributed by atoms with Crippen molar-refractivity contribution in [2.24, 2.45) is 0 Å². The molecule has 3 heteroatoms. The Morgan fingerprint density at radius 2 is 1.22 bits per heavy atom. The minimum absolute atomic E-state index is 1.34. The van der Waals surface area contributed by atoms with Crippen LogP contribution in [0.4, 0.5) is 0 Å². The van der Waals surface area contributed by atoms with Crippen molar-refractivity contribution in [1.29, 1.82) is 0 Å². The average molecular weight is 508 g/mol. The Balaban J connectivity index is 0.000000160. The van der Waals surface area contributed by atoms with Crippen LogP contribution in [0.25, 0.3) is 21.5 Å². The van der Waals surface area contributed by atoms with Gasteiger partial charge in [-0.3, -0.25) is 0 Å². The van der Waals surface area contributed by atoms with E-state index in [2.05, 4.69) is 54.6 Å². The first-order valence-electron chi connectivity index (χ1n) is 7.39. The van der Waals surface area contributed by atoms with Crippen molar-refractivity contribution in [3.63, 3.8) is 0 Å². The van der Waals surface area contributed by atoms with Crippen LogP contribution in [0.2, 0.25) is 0 Å². The first-order chi connectivity index (χ1) is 11.2. The predicted molar refractivity (Wildman–Crippen MR) is 103 cm³/mol. The van der Waals surface area contributed by atoms with Crippen LogP contribution >= 0.6 is 17.2 Å². The van der Waals surface area contributed by atoms with Gasteiger partial charge in [-0.2, -0.15) is 18.2 Å². The van der Waals surface area contributed by atoms with Crippen LogP contribution in [-0.4, -0.2) is 3.76 Å². The fourth-order valence-corrected chi connectivity index (χ4v) is 2.22. The summed E-state index contributed by atoms with van der Waals surface area (Å²) >= 11 is -1.88. The van der Waals surface area contributed by atoms with Crippen LogP contribution in [0.15, 0.2) is 84.9 Å². The molecular formula is C20H18Cl2Hf-2. The molecule has 0 atom stereocenters. The van der Waals surface area contributed by atoms with Crippen LogP contribution in [0.1, 0.15) is 6.92 Å². The largest absolute Gasteiger partial charge is 0.214 e. The fraction of sp³-hybridized carbons (Fsp3) is 0.0500. The van der Waals surface area contributed by atoms with E-state index in [1.807, 2.05) is 41.0 Å². The third-order valence-corrected chi connectivity index (χ3v) is 8.44. The molecule has 4 rings (SSSR count). The number of hydrogen-bond donors (Lipinski definition) is 0. The maximum absolute atomic E-state index is 5.39. The van der Waals surface area contributed by atoms with E-state index in [-0.39, 0.29) is 0 Å². The van der Waals surface area contributed by atoms with Gasteiger partial charge in [0.1, 0.15) is 0 Å². The van der Waals surface area contributed by atoms with Crippen LogP contribution in [-0.2, 0) is 18.6 Å². The van der Waals surface area contributed by atoms with E-state index >= 15 is 0 Å². The molecule has 0 aliphatic heterocycles. The zero-order chi connectivity index (χ0) is 16.5. The molecule has 0 saturated heterocycles. The molecule has 4 aromatic rings. The standard InChI is InChI=1S/C13H9.C5H5.C2H4.2ClH.Hf/c1-3-7-12-10(5-1)9-11-6-2-4-8-13(11)12;1-2-4-5-3-1;1-2;;;/h1-9H;1-5H;1H,2H3;2*1H;/q2*-1;;;;+2/p-2. The normalized spacial score (nSPS) is 9.52. The first kappa shape index (κ1) is 18.3. The van der Waals surface area contributed by atoms with Crippen LogP contribution in [0.3, 0.4) is 0 Å². The molecule has 0 unspecified atom stereocenters. The maximum atomic E-state index is 5.39. The quantitative estimate of drug-likeness (QED) is 0.180. The summed E-state index contributed by atoms with van der Waals surface area (Å²) in [6.45, 7) is 1.90. The van der Waals surface area contributed by atoms with Gasteiger partial charge < -0.3 is 0 Å². The molecule has 0 N–H and O–H groups in total. The molecule has 0 fully saturated rings. The molecule has 118 valence electrons. The van der Waals surface area contributed by atoms with Crippen molar-refractivity contribution in [2.45, 2.75) is 6.92 Å². The molecule has 23 heavy (non-hydrogen) atoms. The van der Waals surface area contributed by atoms with Gasteiger partial charge in [-0.15, -0.1) is 39.7 Å². The smallest absolute Gasteiger partial charge is 0.0771 e. The third kappa shape index (κ3) is 5.84. The van der Waals surface area contributed by atoms with Gasteiger partial charge in [0.15, 0.2) is 0 Å². The van der Waals surface area contributed by atoms with Gasteiger partial charge in [-0.05, 0) is 0 Å². The first-order valence-corrected chi connectivity index (χ1v) is 18.4. The van der Waals surface area contributed by atoms with Crippen molar-refractivity contribution in [2.75, 3.05) is 0 Å². The van der Waals surface area contributed by atoms with Gasteiger partial charge in [-0.1, -0.05) is 36.4 Å². The molecule has 0 spiro atoms. The van der Waals surface area contributed by atoms with E-state index in [1.165, 1.54) is 21.5 Å². The van der Waals surface area contributed by atoms with Crippen LogP contribution < -0.4 is 0 Å². The molecule has 4 aromatic carbocycles. The average Bonchev–Trinajstić information content (AvgIpc) is 3.26. The van der Waals surface area contributed by atoms with Crippen LogP contribution in [0.5, 0.6) is 0 Å². The summed E-state index contributed by atoms with van der Waals surface area (Å²) in [6, 6.07) is 29.3. The van der Waals surface area contributed by atoms with E-state index in [0.717, 1.165) is 0 Å². The SMILES string of the molecule is C[CH]=[Hf]([Cl])[Cl].c1cc[cH-]c1.c1ccc2c(c1)[cH-]c1ccccc12. The van der Waals surface area contributed by atoms with Crippen molar-refractivity contribution in [3.05, 3.63) is 84.9 Å². The number of hydrogen-bond acceptors (Lipinski definition) is 0. The Morgan fingerprint density at radius 3 is 1.57 bits per heavy atom. The summed E-state index contributed by atoms with van der Waals surface area (Å²) in [5, 5.41) is 5.39. The van der Waals surface area contributed by atoms with E-state index in [9.17, 15) is 0 Å². The van der Waals surface area contributed by atoms with Crippen molar-refractivity contribution >= 4 is 42.5 Å². The van der Waals surface area contributed by atoms with Crippen LogP contribution in [0, 0.1) is 0 Å². The molecule has 0 aliphatic carbocycles. The zero-order valence-corrected chi connectivity index (χ0v) is 18.0. The molecule has 0 amide bonds. The van der Waals surface area contributed by atoms with E-state index in [1.54, 1.807) is 0 Å². The second-order valence-electron chi connectivity index (χ2n) is 4.86. The van der Waals surface area contributed by atoms with Gasteiger partial charge in [0.25, 0.3) is 0 Å². The Kier molecular flexibility index (Phi) is 7.94. The summed E-state index contributed by atoms with van der Waals surface area (Å²) in [4.78, 5) is 0. The molecule has 0 nitrogen and oxygen atoms in total. The molecule has 0 radical (unpaired) electrons. The van der Waals surface area contributed by atoms with E-state index in [4.69, 9.17) is 17.2 Å². The molecular weight excluding hydrogens is 490 g/mol. The Bertz CT molecular complexity index is 786. The third-order valence-electron chi connectivity index (χ3n) is 3.30. The number of rotatable bonds is 0. The van der Waals surface area contributed by atoms with Gasteiger partial charge >= 0.3 is 46.4 Å². The second-order valence-corrected chi connectivity index (χ2v) is 17.3. The summed E-state index contributed by atoms with van der Waals surface area (Å²) in [6.07, 6.45) is 0. The van der Waals surface area contributed by atoms with E-state index in [0.29, 0.717) is 0 Å². The predicted octanol–water partition coefficient (Wildman–Crippen LogP) is 6.85. The van der Waals surface area contributed by atoms with Gasteiger partial charge in [0, 0.05) is 0 Å². The summed E-state index contributed by atoms with van der Waals surface area (Å²) in [5.41, 5.74) is 0. The van der Waals surface area contributed by atoms with Gasteiger partial charge in [0.2, 0.25) is 0 Å². The Labute approximate surface area is 152 Å². The molecule has 0 bridgehead atoms. The van der Waals surface area contributed by atoms with E-state index < -0.39 is 18.6 Å². The number of benzene rings is 2. The molecule has 0 aromatic heterocycles. The fourth-order valence-electron chi connectivity index (χ4n) is 2.22. The minimum atomic E-state index is -1.88. The van der Waals surface area contributed by atoms with Crippen molar-refractivity contribution in [1.82, 2.24) is 0 Å². The summed E-state index contributed by atoms with van der Waals surface area (Å²) in [5.74, 6) is 0. The summed E-state index contributed by atoms with van der Waals surface area (Å²) in [7, 11) is 10.8. The Morgan fingerprint density at radius 1 is 0.783 bits per heavy atom. The number of halogens is 2. The monoisotopic (exact) mass is 508 g/mol. The molecule has 0 aliphatic rings. The number of fused-ring (bicyclic) bond motifs is 3. The van der Waals surface area contributed by atoms with Crippen molar-refractivity contribution in [3.8, 4) is 0 Å². The minimum Gasteiger partial charge on any atom is -0.214 e. The molecule has 0 heterocycles. The Hall–Kier alpha value is -1.02. The second kappa shape index (κ2) is 9.97. The van der Waals surface area contributed by atoms with Gasteiger partial charge in [0.05, 0.1) is 0 Å².